The van der Waals surface area contributed by atoms with Crippen LogP contribution in [0.25, 0.3) is 21.7 Å². The molecule has 21 heavy (non-hydrogen) atoms. The molecule has 0 saturated heterocycles. The molecule has 104 valence electrons. The molecule has 0 aliphatic rings. The minimum absolute atomic E-state index is 0.0990. The largest absolute Gasteiger partial charge is 0.291 e. The van der Waals surface area contributed by atoms with E-state index in [2.05, 4.69) is 10.1 Å². The van der Waals surface area contributed by atoms with Crippen molar-refractivity contribution in [2.45, 2.75) is 6.92 Å². The van der Waals surface area contributed by atoms with Gasteiger partial charge in [0.1, 0.15) is 0 Å². The van der Waals surface area contributed by atoms with Crippen LogP contribution in [-0.4, -0.2) is 14.6 Å². The van der Waals surface area contributed by atoms with E-state index in [-0.39, 0.29) is 5.56 Å². The van der Waals surface area contributed by atoms with E-state index >= 15 is 0 Å². The predicted octanol–water partition coefficient (Wildman–Crippen LogP) is 2.80. The molecule has 0 radical (unpaired) electrons. The first-order valence-electron chi connectivity index (χ1n) is 6.21. The van der Waals surface area contributed by atoms with E-state index in [1.807, 2.05) is 42.0 Å². The molecule has 4 aromatic rings. The second-order valence-electron chi connectivity index (χ2n) is 4.49. The molecular weight excluding hydrogens is 322 g/mol. The molecule has 4 heterocycles. The second-order valence-corrected chi connectivity index (χ2v) is 7.40. The Morgan fingerprint density at radius 1 is 1.24 bits per heavy atom. The number of fused-ring (bicyclic) bond motifs is 1. The number of hydrogen-bond acceptors (Lipinski definition) is 6. The fourth-order valence-electron chi connectivity index (χ4n) is 2.00. The number of aryl methyl sites for hydroxylation is 1. The summed E-state index contributed by atoms with van der Waals surface area (Å²) in [6.07, 6.45) is 1.92. The lowest BCUT2D eigenvalue weighted by atomic mass is 10.3. The van der Waals surface area contributed by atoms with Crippen LogP contribution in [-0.2, 0) is 0 Å². The standard InChI is InChI=1S/C14H9N3OS3/c1-8-4-6-20-10(8)7-11-13(18)17-14(21-11)15-12(16-17)9-3-2-5-19-9/h2-7H,1H3/b11-7-. The Bertz CT molecular complexity index is 1020. The normalized spacial score (nSPS) is 12.5. The molecule has 4 nitrogen and oxygen atoms in total. The van der Waals surface area contributed by atoms with E-state index in [0.29, 0.717) is 15.3 Å². The Labute approximate surface area is 131 Å². The molecule has 0 fully saturated rings. The average molecular weight is 331 g/mol. The van der Waals surface area contributed by atoms with Gasteiger partial charge in [-0.05, 0) is 41.5 Å². The van der Waals surface area contributed by atoms with Gasteiger partial charge in [-0.2, -0.15) is 9.50 Å². The highest BCUT2D eigenvalue weighted by atomic mass is 32.1. The van der Waals surface area contributed by atoms with E-state index in [1.165, 1.54) is 21.4 Å². The third-order valence-corrected chi connectivity index (χ3v) is 5.88. The highest BCUT2D eigenvalue weighted by Gasteiger charge is 2.12. The highest BCUT2D eigenvalue weighted by molar-refractivity contribution is 7.15. The van der Waals surface area contributed by atoms with Crippen LogP contribution in [0.4, 0.5) is 0 Å². The van der Waals surface area contributed by atoms with Crippen LogP contribution in [0.15, 0.2) is 33.8 Å². The number of nitrogens with zero attached hydrogens (tertiary/aromatic N) is 3. The van der Waals surface area contributed by atoms with E-state index in [9.17, 15) is 4.79 Å². The maximum Gasteiger partial charge on any atom is 0.291 e. The molecule has 0 saturated carbocycles. The Balaban J connectivity index is 1.89. The van der Waals surface area contributed by atoms with Gasteiger partial charge in [0.15, 0.2) is 5.82 Å². The molecule has 0 aliphatic carbocycles. The fourth-order valence-corrected chi connectivity index (χ4v) is 4.47. The second kappa shape index (κ2) is 4.87. The van der Waals surface area contributed by atoms with E-state index in [4.69, 9.17) is 0 Å². The first kappa shape index (κ1) is 12.9. The summed E-state index contributed by atoms with van der Waals surface area (Å²) >= 11 is 4.58. The zero-order valence-electron chi connectivity index (χ0n) is 10.9. The minimum atomic E-state index is -0.0990. The van der Waals surface area contributed by atoms with Gasteiger partial charge in [0.25, 0.3) is 5.56 Å². The van der Waals surface area contributed by atoms with Crippen LogP contribution in [0.3, 0.4) is 0 Å². The summed E-state index contributed by atoms with van der Waals surface area (Å²) < 4.78 is 2.07. The molecule has 4 rings (SSSR count). The molecule has 0 aromatic carbocycles. The number of aromatic nitrogens is 3. The molecule has 0 aliphatic heterocycles. The molecule has 4 aromatic heterocycles. The number of hydrogen-bond donors (Lipinski definition) is 0. The summed E-state index contributed by atoms with van der Waals surface area (Å²) in [6, 6.07) is 5.95. The van der Waals surface area contributed by atoms with E-state index in [0.717, 1.165) is 9.75 Å². The topological polar surface area (TPSA) is 47.3 Å². The Morgan fingerprint density at radius 3 is 2.81 bits per heavy atom. The van der Waals surface area contributed by atoms with Crippen LogP contribution in [0.5, 0.6) is 0 Å². The van der Waals surface area contributed by atoms with Crippen molar-refractivity contribution in [1.82, 2.24) is 14.6 Å². The summed E-state index contributed by atoms with van der Waals surface area (Å²) in [5, 5.41) is 8.32. The van der Waals surface area contributed by atoms with Crippen molar-refractivity contribution in [3.05, 3.63) is 54.3 Å². The van der Waals surface area contributed by atoms with Gasteiger partial charge in [0.05, 0.1) is 9.41 Å². The van der Waals surface area contributed by atoms with E-state index < -0.39 is 0 Å². The van der Waals surface area contributed by atoms with Crippen LogP contribution in [0.2, 0.25) is 0 Å². The van der Waals surface area contributed by atoms with Crippen LogP contribution in [0.1, 0.15) is 10.4 Å². The van der Waals surface area contributed by atoms with Gasteiger partial charge < -0.3 is 0 Å². The quantitative estimate of drug-likeness (QED) is 0.567. The molecule has 0 spiro atoms. The monoisotopic (exact) mass is 331 g/mol. The molecule has 0 amide bonds. The third-order valence-electron chi connectivity index (χ3n) is 3.09. The molecule has 0 N–H and O–H groups in total. The molecule has 7 heteroatoms. The van der Waals surface area contributed by atoms with Crippen molar-refractivity contribution < 1.29 is 0 Å². The highest BCUT2D eigenvalue weighted by Crippen LogP contribution is 2.22. The van der Waals surface area contributed by atoms with Crippen molar-refractivity contribution in [1.29, 1.82) is 0 Å². The Kier molecular flexibility index (Phi) is 2.99. The Morgan fingerprint density at radius 2 is 2.14 bits per heavy atom. The SMILES string of the molecule is Cc1ccsc1/C=c1\sc2nc(-c3cccs3)nn2c1=O. The summed E-state index contributed by atoms with van der Waals surface area (Å²) in [7, 11) is 0. The number of thiophene rings is 2. The van der Waals surface area contributed by atoms with Crippen LogP contribution < -0.4 is 10.1 Å². The van der Waals surface area contributed by atoms with Gasteiger partial charge in [-0.15, -0.1) is 27.8 Å². The zero-order chi connectivity index (χ0) is 14.4. The summed E-state index contributed by atoms with van der Waals surface area (Å²) in [5.74, 6) is 0.618. The van der Waals surface area contributed by atoms with E-state index in [1.54, 1.807) is 22.7 Å². The van der Waals surface area contributed by atoms with Crippen LogP contribution >= 0.6 is 34.0 Å². The molecule has 0 atom stereocenters. The smallest absolute Gasteiger partial charge is 0.266 e. The first-order valence-corrected chi connectivity index (χ1v) is 8.79. The fraction of sp³-hybridized carbons (Fsp3) is 0.0714. The average Bonchev–Trinajstić information content (AvgIpc) is 3.19. The van der Waals surface area contributed by atoms with Gasteiger partial charge in [-0.25, -0.2) is 0 Å². The van der Waals surface area contributed by atoms with Crippen molar-refractivity contribution in [3.63, 3.8) is 0 Å². The lowest BCUT2D eigenvalue weighted by molar-refractivity contribution is 0.938. The Hall–Kier alpha value is -1.83. The molecular formula is C14H9N3OS3. The van der Waals surface area contributed by atoms with Gasteiger partial charge in [0.2, 0.25) is 4.96 Å². The van der Waals surface area contributed by atoms with Gasteiger partial charge in [0, 0.05) is 4.88 Å². The summed E-state index contributed by atoms with van der Waals surface area (Å²) in [4.78, 5) is 19.6. The number of rotatable bonds is 2. The lowest BCUT2D eigenvalue weighted by Gasteiger charge is -1.86. The minimum Gasteiger partial charge on any atom is -0.266 e. The van der Waals surface area contributed by atoms with Gasteiger partial charge in [-0.3, -0.25) is 4.79 Å². The predicted molar refractivity (Wildman–Crippen MR) is 88.3 cm³/mol. The van der Waals surface area contributed by atoms with Gasteiger partial charge >= 0.3 is 0 Å². The molecule has 0 unspecified atom stereocenters. The van der Waals surface area contributed by atoms with Crippen molar-refractivity contribution >= 4 is 45.0 Å². The van der Waals surface area contributed by atoms with Gasteiger partial charge in [-0.1, -0.05) is 17.4 Å². The maximum absolute atomic E-state index is 12.4. The van der Waals surface area contributed by atoms with Crippen molar-refractivity contribution in [2.24, 2.45) is 0 Å². The van der Waals surface area contributed by atoms with Crippen molar-refractivity contribution in [3.8, 4) is 10.7 Å². The lowest BCUT2D eigenvalue weighted by Crippen LogP contribution is -2.23. The molecule has 0 bridgehead atoms. The maximum atomic E-state index is 12.4. The zero-order valence-corrected chi connectivity index (χ0v) is 13.4. The van der Waals surface area contributed by atoms with Crippen LogP contribution in [0, 0.1) is 6.92 Å². The third kappa shape index (κ3) is 2.14. The summed E-state index contributed by atoms with van der Waals surface area (Å²) in [6.45, 7) is 2.04. The number of thiazole rings is 1. The van der Waals surface area contributed by atoms with Crippen molar-refractivity contribution in [2.75, 3.05) is 0 Å². The first-order chi connectivity index (χ1) is 10.2. The summed E-state index contributed by atoms with van der Waals surface area (Å²) in [5.41, 5.74) is 1.08.